The van der Waals surface area contributed by atoms with Gasteiger partial charge < -0.3 is 11.1 Å². The molecule has 2 rings (SSSR count). The molecule has 1 fully saturated rings. The molecule has 1 aliphatic carbocycles. The smallest absolute Gasteiger partial charge is 0.222 e. The molecule has 0 spiro atoms. The molecule has 1 aromatic carbocycles. The van der Waals surface area contributed by atoms with E-state index in [1.54, 1.807) is 6.07 Å². The number of carbonyl (C=O) groups excluding carboxylic acids is 1. The first-order valence-electron chi connectivity index (χ1n) is 6.48. The predicted octanol–water partition coefficient (Wildman–Crippen LogP) is 2.87. The van der Waals surface area contributed by atoms with Crippen molar-refractivity contribution in [3.05, 3.63) is 34.1 Å². The van der Waals surface area contributed by atoms with Crippen molar-refractivity contribution in [3.8, 4) is 0 Å². The number of rotatable bonds is 4. The minimum atomic E-state index is -0.344. The molecule has 1 aromatic rings. The second-order valence-corrected chi connectivity index (χ2v) is 6.11. The van der Waals surface area contributed by atoms with E-state index in [0.29, 0.717) is 13.0 Å². The third-order valence-corrected chi connectivity index (χ3v) is 4.37. The average molecular weight is 329 g/mol. The lowest BCUT2D eigenvalue weighted by atomic mass is 9.94. The third-order valence-electron chi connectivity index (χ3n) is 3.60. The van der Waals surface area contributed by atoms with Gasteiger partial charge in [-0.05, 0) is 36.6 Å². The molecule has 0 bridgehead atoms. The van der Waals surface area contributed by atoms with Gasteiger partial charge in [0.15, 0.2) is 0 Å². The van der Waals surface area contributed by atoms with E-state index >= 15 is 0 Å². The van der Waals surface area contributed by atoms with Crippen LogP contribution in [-0.2, 0) is 11.3 Å². The Labute approximate surface area is 120 Å². The molecular formula is C14H18BrFN2O. The van der Waals surface area contributed by atoms with Gasteiger partial charge >= 0.3 is 0 Å². The largest absolute Gasteiger partial charge is 0.352 e. The van der Waals surface area contributed by atoms with Crippen LogP contribution < -0.4 is 11.1 Å². The second kappa shape index (κ2) is 6.01. The van der Waals surface area contributed by atoms with Crippen LogP contribution in [0.5, 0.6) is 0 Å². The van der Waals surface area contributed by atoms with Crippen LogP contribution in [0.2, 0.25) is 0 Å². The Morgan fingerprint density at radius 2 is 2.11 bits per heavy atom. The average Bonchev–Trinajstić information content (AvgIpc) is 2.77. The molecule has 104 valence electrons. The van der Waals surface area contributed by atoms with Crippen molar-refractivity contribution in [2.75, 3.05) is 0 Å². The first kappa shape index (κ1) is 14.5. The van der Waals surface area contributed by atoms with Crippen molar-refractivity contribution >= 4 is 21.8 Å². The van der Waals surface area contributed by atoms with Crippen LogP contribution in [0.4, 0.5) is 4.39 Å². The van der Waals surface area contributed by atoms with Gasteiger partial charge in [0.05, 0.1) is 0 Å². The summed E-state index contributed by atoms with van der Waals surface area (Å²) in [5, 5.41) is 2.80. The van der Waals surface area contributed by atoms with Gasteiger partial charge in [-0.15, -0.1) is 0 Å². The second-order valence-electron chi connectivity index (χ2n) is 5.26. The minimum Gasteiger partial charge on any atom is -0.352 e. The van der Waals surface area contributed by atoms with E-state index in [0.717, 1.165) is 35.7 Å². The highest BCUT2D eigenvalue weighted by Crippen LogP contribution is 2.29. The number of halogens is 2. The molecule has 0 heterocycles. The highest BCUT2D eigenvalue weighted by atomic mass is 79.9. The summed E-state index contributed by atoms with van der Waals surface area (Å²) >= 11 is 3.34. The Hall–Kier alpha value is -0.940. The van der Waals surface area contributed by atoms with Gasteiger partial charge in [0.2, 0.25) is 5.91 Å². The molecule has 0 atom stereocenters. The lowest BCUT2D eigenvalue weighted by Gasteiger charge is -2.22. The molecule has 1 saturated carbocycles. The monoisotopic (exact) mass is 328 g/mol. The summed E-state index contributed by atoms with van der Waals surface area (Å²) in [6.07, 6.45) is 4.35. The Balaban J connectivity index is 1.88. The number of amides is 1. The first-order chi connectivity index (χ1) is 8.98. The fraction of sp³-hybridized carbons (Fsp3) is 0.500. The van der Waals surface area contributed by atoms with Gasteiger partial charge in [0, 0.05) is 23.0 Å². The van der Waals surface area contributed by atoms with Crippen molar-refractivity contribution in [1.29, 1.82) is 0 Å². The van der Waals surface area contributed by atoms with Crippen LogP contribution in [0.3, 0.4) is 0 Å². The van der Waals surface area contributed by atoms with Crippen LogP contribution >= 0.6 is 15.9 Å². The standard InChI is InChI=1S/C14H18BrFN2O/c15-12-4-3-11(16)7-10(12)9-18-13(19)8-14(17)5-1-2-6-14/h3-4,7H,1-2,5-6,8-9,17H2,(H,18,19). The maximum Gasteiger partial charge on any atom is 0.222 e. The van der Waals surface area contributed by atoms with Crippen molar-refractivity contribution in [3.63, 3.8) is 0 Å². The van der Waals surface area contributed by atoms with Crippen LogP contribution in [0.25, 0.3) is 0 Å². The van der Waals surface area contributed by atoms with Crippen LogP contribution in [0, 0.1) is 5.82 Å². The van der Waals surface area contributed by atoms with E-state index in [4.69, 9.17) is 5.73 Å². The van der Waals surface area contributed by atoms with Gasteiger partial charge in [0.1, 0.15) is 5.82 Å². The number of nitrogens with one attached hydrogen (secondary N) is 1. The molecule has 3 N–H and O–H groups in total. The van der Waals surface area contributed by atoms with E-state index in [1.807, 2.05) is 0 Å². The number of carbonyl (C=O) groups is 1. The molecule has 19 heavy (non-hydrogen) atoms. The third kappa shape index (κ3) is 4.01. The summed E-state index contributed by atoms with van der Waals surface area (Å²) in [6, 6.07) is 4.43. The van der Waals surface area contributed by atoms with Crippen molar-refractivity contribution in [2.45, 2.75) is 44.2 Å². The number of hydrogen-bond acceptors (Lipinski definition) is 2. The highest BCUT2D eigenvalue weighted by Gasteiger charge is 2.31. The molecule has 0 aromatic heterocycles. The summed E-state index contributed by atoms with van der Waals surface area (Å²) in [6.45, 7) is 0.313. The Bertz CT molecular complexity index is 473. The van der Waals surface area contributed by atoms with Gasteiger partial charge in [-0.2, -0.15) is 0 Å². The zero-order valence-electron chi connectivity index (χ0n) is 10.7. The molecule has 0 saturated heterocycles. The number of benzene rings is 1. The normalized spacial score (nSPS) is 17.4. The Morgan fingerprint density at radius 3 is 2.79 bits per heavy atom. The molecular weight excluding hydrogens is 311 g/mol. The molecule has 0 unspecified atom stereocenters. The van der Waals surface area contributed by atoms with Gasteiger partial charge in [-0.3, -0.25) is 4.79 Å². The maximum atomic E-state index is 13.1. The summed E-state index contributed by atoms with van der Waals surface area (Å²) in [5.74, 6) is -0.376. The predicted molar refractivity (Wildman–Crippen MR) is 76.0 cm³/mol. The van der Waals surface area contributed by atoms with Crippen LogP contribution in [0.1, 0.15) is 37.7 Å². The maximum absolute atomic E-state index is 13.1. The molecule has 0 aliphatic heterocycles. The van der Waals surface area contributed by atoms with Gasteiger partial charge in [0.25, 0.3) is 0 Å². The zero-order valence-corrected chi connectivity index (χ0v) is 12.3. The quantitative estimate of drug-likeness (QED) is 0.892. The van der Waals surface area contributed by atoms with Gasteiger partial charge in [-0.1, -0.05) is 28.8 Å². The van der Waals surface area contributed by atoms with E-state index in [9.17, 15) is 9.18 Å². The fourth-order valence-electron chi connectivity index (χ4n) is 2.51. The Kier molecular flexibility index (Phi) is 4.58. The summed E-state index contributed by atoms with van der Waals surface area (Å²) in [7, 11) is 0. The lowest BCUT2D eigenvalue weighted by molar-refractivity contribution is -0.122. The van der Waals surface area contributed by atoms with Crippen molar-refractivity contribution in [2.24, 2.45) is 5.73 Å². The highest BCUT2D eigenvalue weighted by molar-refractivity contribution is 9.10. The molecule has 3 nitrogen and oxygen atoms in total. The topological polar surface area (TPSA) is 55.1 Å². The van der Waals surface area contributed by atoms with Crippen LogP contribution in [-0.4, -0.2) is 11.4 Å². The number of hydrogen-bond donors (Lipinski definition) is 2. The number of nitrogens with two attached hydrogens (primary N) is 1. The van der Waals surface area contributed by atoms with E-state index in [1.165, 1.54) is 12.1 Å². The van der Waals surface area contributed by atoms with Crippen molar-refractivity contribution in [1.82, 2.24) is 5.32 Å². The van der Waals surface area contributed by atoms with Crippen molar-refractivity contribution < 1.29 is 9.18 Å². The van der Waals surface area contributed by atoms with E-state index in [-0.39, 0.29) is 17.3 Å². The van der Waals surface area contributed by atoms with Crippen LogP contribution in [0.15, 0.2) is 22.7 Å². The summed E-state index contributed by atoms with van der Waals surface area (Å²) < 4.78 is 13.9. The SMILES string of the molecule is NC1(CC(=O)NCc2cc(F)ccc2Br)CCCC1. The molecule has 0 radical (unpaired) electrons. The molecule has 1 amide bonds. The summed E-state index contributed by atoms with van der Waals surface area (Å²) in [5.41, 5.74) is 6.54. The summed E-state index contributed by atoms with van der Waals surface area (Å²) in [4.78, 5) is 11.9. The van der Waals surface area contributed by atoms with E-state index < -0.39 is 0 Å². The molecule has 1 aliphatic rings. The first-order valence-corrected chi connectivity index (χ1v) is 7.27. The Morgan fingerprint density at radius 1 is 1.42 bits per heavy atom. The van der Waals surface area contributed by atoms with E-state index in [2.05, 4.69) is 21.2 Å². The molecule has 5 heteroatoms. The lowest BCUT2D eigenvalue weighted by Crippen LogP contribution is -2.42. The van der Waals surface area contributed by atoms with Gasteiger partial charge in [-0.25, -0.2) is 4.39 Å². The zero-order chi connectivity index (χ0) is 13.9. The fourth-order valence-corrected chi connectivity index (χ4v) is 2.90. The minimum absolute atomic E-state index is 0.0689.